The van der Waals surface area contributed by atoms with Gasteiger partial charge in [-0.05, 0) is 32.0 Å². The van der Waals surface area contributed by atoms with E-state index in [4.69, 9.17) is 24.7 Å². The monoisotopic (exact) mass is 422 g/mol. The van der Waals surface area contributed by atoms with Crippen molar-refractivity contribution in [3.8, 4) is 23.0 Å². The number of rotatable bonds is 4. The third-order valence-electron chi connectivity index (χ3n) is 5.77. The third-order valence-corrected chi connectivity index (χ3v) is 5.77. The maximum Gasteiger partial charge on any atom is 0.259 e. The molecule has 3 heterocycles. The van der Waals surface area contributed by atoms with Crippen molar-refractivity contribution in [1.82, 2.24) is 14.8 Å². The molecule has 2 aromatic heterocycles. The van der Waals surface area contributed by atoms with Crippen LogP contribution in [0.3, 0.4) is 0 Å². The Balaban J connectivity index is 2.05. The van der Waals surface area contributed by atoms with E-state index in [2.05, 4.69) is 10.2 Å². The van der Waals surface area contributed by atoms with Crippen molar-refractivity contribution in [2.45, 2.75) is 19.4 Å². The minimum atomic E-state index is -0.691. The smallest absolute Gasteiger partial charge is 0.259 e. The van der Waals surface area contributed by atoms with Crippen LogP contribution in [0, 0.1) is 0 Å². The van der Waals surface area contributed by atoms with Gasteiger partial charge in [0.2, 0.25) is 6.79 Å². The van der Waals surface area contributed by atoms with Gasteiger partial charge in [0.25, 0.3) is 5.56 Å². The fourth-order valence-corrected chi connectivity index (χ4v) is 4.03. The number of methoxy groups -OCH3 is 2. The van der Waals surface area contributed by atoms with Crippen molar-refractivity contribution < 1.29 is 18.9 Å². The highest BCUT2D eigenvalue weighted by atomic mass is 16.7. The summed E-state index contributed by atoms with van der Waals surface area (Å²) in [6.07, 6.45) is 0. The van der Waals surface area contributed by atoms with Crippen molar-refractivity contribution >= 4 is 32.7 Å². The molecule has 0 aliphatic carbocycles. The van der Waals surface area contributed by atoms with E-state index < -0.39 is 5.54 Å². The zero-order valence-electron chi connectivity index (χ0n) is 17.7. The quantitative estimate of drug-likeness (QED) is 0.500. The molecule has 0 saturated heterocycles. The van der Waals surface area contributed by atoms with Gasteiger partial charge in [-0.25, -0.2) is 0 Å². The predicted octanol–water partition coefficient (Wildman–Crippen LogP) is 2.54. The molecule has 1 aliphatic heterocycles. The summed E-state index contributed by atoms with van der Waals surface area (Å²) in [7, 11) is 3.08. The fourth-order valence-electron chi connectivity index (χ4n) is 4.03. The number of nitrogens with zero attached hydrogens (tertiary/aromatic N) is 3. The second kappa shape index (κ2) is 6.71. The van der Waals surface area contributed by atoms with Crippen LogP contribution in [0.2, 0.25) is 0 Å². The van der Waals surface area contributed by atoms with Gasteiger partial charge in [-0.1, -0.05) is 0 Å². The molecule has 0 amide bonds. The van der Waals surface area contributed by atoms with Gasteiger partial charge in [-0.2, -0.15) is 0 Å². The maximum atomic E-state index is 13.8. The molecule has 0 spiro atoms. The highest BCUT2D eigenvalue weighted by molar-refractivity contribution is 6.13. The van der Waals surface area contributed by atoms with E-state index in [1.54, 1.807) is 29.9 Å². The molecule has 9 heteroatoms. The van der Waals surface area contributed by atoms with Crippen LogP contribution in [0.4, 0.5) is 0 Å². The summed E-state index contributed by atoms with van der Waals surface area (Å²) in [6.45, 7) is 4.21. The fraction of sp³-hybridized carbons (Fsp3) is 0.318. The second-order valence-corrected chi connectivity index (χ2v) is 8.03. The predicted molar refractivity (Wildman–Crippen MR) is 116 cm³/mol. The summed E-state index contributed by atoms with van der Waals surface area (Å²) in [5.74, 6) is 2.15. The summed E-state index contributed by atoms with van der Waals surface area (Å²) in [4.78, 5) is 13.8. The Bertz CT molecular complexity index is 1430. The molecule has 160 valence electrons. The molecular formula is C22H22N4O5. The van der Waals surface area contributed by atoms with Gasteiger partial charge in [0.05, 0.1) is 36.2 Å². The number of pyridine rings is 1. The lowest BCUT2D eigenvalue weighted by Crippen LogP contribution is -2.42. The molecule has 0 saturated carbocycles. The third kappa shape index (κ3) is 2.70. The molecule has 5 rings (SSSR count). The van der Waals surface area contributed by atoms with Crippen molar-refractivity contribution in [2.24, 2.45) is 5.73 Å². The number of nitrogens with two attached hydrogens (primary N) is 1. The first-order valence-electron chi connectivity index (χ1n) is 9.80. The normalized spacial score (nSPS) is 13.3. The summed E-state index contributed by atoms with van der Waals surface area (Å²) in [5.41, 5.74) is 6.98. The number of ether oxygens (including phenoxy) is 4. The first-order valence-corrected chi connectivity index (χ1v) is 9.80. The molecule has 0 radical (unpaired) electrons. The van der Waals surface area contributed by atoms with Crippen molar-refractivity contribution in [3.05, 3.63) is 34.6 Å². The van der Waals surface area contributed by atoms with Gasteiger partial charge in [-0.3, -0.25) is 9.36 Å². The van der Waals surface area contributed by atoms with Crippen LogP contribution in [-0.2, 0) is 5.54 Å². The standard InChI is InChI=1S/C22H22N4O5/c1-22(2,9-23)26-20-13-7-17-18(31-10-30-17)8-14(13)24-25-19(20)11-5-15(28-3)16(29-4)6-12(11)21(26)27/h5-8H,9-10,23H2,1-4H3. The van der Waals surface area contributed by atoms with E-state index in [0.29, 0.717) is 50.3 Å². The maximum absolute atomic E-state index is 13.8. The van der Waals surface area contributed by atoms with E-state index in [-0.39, 0.29) is 18.9 Å². The topological polar surface area (TPSA) is 111 Å². The Morgan fingerprint density at radius 2 is 1.65 bits per heavy atom. The highest BCUT2D eigenvalue weighted by Gasteiger charge is 2.28. The zero-order chi connectivity index (χ0) is 21.9. The second-order valence-electron chi connectivity index (χ2n) is 8.03. The number of fused-ring (bicyclic) bond motifs is 6. The average Bonchev–Trinajstić information content (AvgIpc) is 3.24. The van der Waals surface area contributed by atoms with Crippen LogP contribution in [0.5, 0.6) is 23.0 Å². The molecule has 1 aliphatic rings. The van der Waals surface area contributed by atoms with Gasteiger partial charge in [0.1, 0.15) is 5.52 Å². The number of benzene rings is 2. The van der Waals surface area contributed by atoms with Crippen LogP contribution in [0.15, 0.2) is 29.1 Å². The summed E-state index contributed by atoms with van der Waals surface area (Å²) in [6, 6.07) is 7.03. The molecule has 0 bridgehead atoms. The Morgan fingerprint density at radius 3 is 2.29 bits per heavy atom. The SMILES string of the molecule is COc1cc2c(=O)n(C(C)(C)CN)c3c4cc5c(cc4nnc3c2cc1OC)OCO5. The van der Waals surface area contributed by atoms with Gasteiger partial charge in [-0.15, -0.1) is 10.2 Å². The molecule has 2 N–H and O–H groups in total. The molecule has 31 heavy (non-hydrogen) atoms. The van der Waals surface area contributed by atoms with Crippen molar-refractivity contribution in [3.63, 3.8) is 0 Å². The lowest BCUT2D eigenvalue weighted by Gasteiger charge is -2.28. The van der Waals surface area contributed by atoms with E-state index >= 15 is 0 Å². The number of hydrogen-bond acceptors (Lipinski definition) is 8. The molecule has 4 aromatic rings. The number of hydrogen-bond donors (Lipinski definition) is 1. The van der Waals surface area contributed by atoms with Crippen LogP contribution < -0.4 is 30.2 Å². The van der Waals surface area contributed by atoms with E-state index in [9.17, 15) is 4.79 Å². The minimum absolute atomic E-state index is 0.137. The number of aromatic nitrogens is 3. The molecular weight excluding hydrogens is 400 g/mol. The Labute approximate surface area is 177 Å². The van der Waals surface area contributed by atoms with Crippen LogP contribution in [0.25, 0.3) is 32.7 Å². The van der Waals surface area contributed by atoms with E-state index in [0.717, 1.165) is 5.39 Å². The Morgan fingerprint density at radius 1 is 1.00 bits per heavy atom. The molecule has 0 unspecified atom stereocenters. The van der Waals surface area contributed by atoms with Gasteiger partial charge in [0, 0.05) is 23.4 Å². The highest BCUT2D eigenvalue weighted by Crippen LogP contribution is 2.40. The van der Waals surface area contributed by atoms with Gasteiger partial charge >= 0.3 is 0 Å². The largest absolute Gasteiger partial charge is 0.493 e. The van der Waals surface area contributed by atoms with Crippen molar-refractivity contribution in [1.29, 1.82) is 0 Å². The van der Waals surface area contributed by atoms with Crippen molar-refractivity contribution in [2.75, 3.05) is 27.6 Å². The molecule has 0 fully saturated rings. The zero-order valence-corrected chi connectivity index (χ0v) is 17.7. The van der Waals surface area contributed by atoms with Gasteiger partial charge < -0.3 is 24.7 Å². The van der Waals surface area contributed by atoms with Crippen LogP contribution >= 0.6 is 0 Å². The average molecular weight is 422 g/mol. The summed E-state index contributed by atoms with van der Waals surface area (Å²) < 4.78 is 23.6. The molecule has 0 atom stereocenters. The molecule has 9 nitrogen and oxygen atoms in total. The van der Waals surface area contributed by atoms with Gasteiger partial charge in [0.15, 0.2) is 23.0 Å². The lowest BCUT2D eigenvalue weighted by atomic mass is 10.0. The Hall–Kier alpha value is -3.59. The van der Waals surface area contributed by atoms with Crippen LogP contribution in [-0.4, -0.2) is 42.3 Å². The van der Waals surface area contributed by atoms with Crippen LogP contribution in [0.1, 0.15) is 13.8 Å². The minimum Gasteiger partial charge on any atom is -0.493 e. The lowest BCUT2D eigenvalue weighted by molar-refractivity contribution is 0.174. The van der Waals surface area contributed by atoms with E-state index in [1.165, 1.54) is 7.11 Å². The summed E-state index contributed by atoms with van der Waals surface area (Å²) in [5, 5.41) is 10.7. The molecule has 2 aromatic carbocycles. The first-order chi connectivity index (χ1) is 14.9. The summed E-state index contributed by atoms with van der Waals surface area (Å²) >= 11 is 0. The van der Waals surface area contributed by atoms with E-state index in [1.807, 2.05) is 19.9 Å². The Kier molecular flexibility index (Phi) is 4.19. The first kappa shape index (κ1) is 19.4.